The van der Waals surface area contributed by atoms with E-state index in [0.29, 0.717) is 9.59 Å². The average molecular weight is 330 g/mol. The number of thioether (sulfide) groups is 1. The third-order valence-electron chi connectivity index (χ3n) is 3.41. The number of amidine groups is 1. The van der Waals surface area contributed by atoms with E-state index in [1.165, 1.54) is 11.3 Å². The summed E-state index contributed by atoms with van der Waals surface area (Å²) in [6, 6.07) is 3.58. The number of nitrogens with zero attached hydrogens (tertiary/aromatic N) is 3. The van der Waals surface area contributed by atoms with Gasteiger partial charge in [-0.25, -0.2) is 0 Å². The lowest BCUT2D eigenvalue weighted by atomic mass is 10.3. The van der Waals surface area contributed by atoms with Crippen molar-refractivity contribution in [3.8, 4) is 0 Å². The molecule has 0 N–H and O–H groups in total. The molecule has 0 unspecified atom stereocenters. The molecule has 1 fully saturated rings. The summed E-state index contributed by atoms with van der Waals surface area (Å²) < 4.78 is 0.665. The van der Waals surface area contributed by atoms with E-state index in [-0.39, 0.29) is 5.91 Å². The molecule has 0 radical (unpaired) electrons. The van der Waals surface area contributed by atoms with Crippen LogP contribution < -0.4 is 0 Å². The van der Waals surface area contributed by atoms with Gasteiger partial charge in [-0.15, -0.1) is 11.3 Å². The number of carbonyl (C=O) groups excluding carboxylic acids is 1. The number of piperazine rings is 1. The van der Waals surface area contributed by atoms with Crippen LogP contribution in [0.5, 0.6) is 0 Å². The quantitative estimate of drug-likeness (QED) is 0.794. The molecule has 1 amide bonds. The molecule has 3 rings (SSSR count). The zero-order valence-corrected chi connectivity index (χ0v) is 13.6. The Morgan fingerprint density at radius 2 is 2.10 bits per heavy atom. The highest BCUT2D eigenvalue weighted by atomic mass is 35.5. The Bertz CT molecular complexity index is 537. The van der Waals surface area contributed by atoms with E-state index in [4.69, 9.17) is 11.6 Å². The van der Waals surface area contributed by atoms with Gasteiger partial charge in [0.1, 0.15) is 0 Å². The second-order valence-electron chi connectivity index (χ2n) is 4.93. The number of aliphatic imine (C=N–C) groups is 1. The number of halogens is 1. The highest BCUT2D eigenvalue weighted by molar-refractivity contribution is 8.14. The summed E-state index contributed by atoms with van der Waals surface area (Å²) in [7, 11) is 0. The summed E-state index contributed by atoms with van der Waals surface area (Å²) in [5.74, 6) is 0.0935. The van der Waals surface area contributed by atoms with Crippen molar-refractivity contribution in [3.05, 3.63) is 21.3 Å². The first-order chi connectivity index (χ1) is 9.63. The molecule has 2 aliphatic heterocycles. The number of carbonyl (C=O) groups is 1. The van der Waals surface area contributed by atoms with Gasteiger partial charge in [0.15, 0.2) is 5.17 Å². The topological polar surface area (TPSA) is 35.9 Å². The van der Waals surface area contributed by atoms with Crippen LogP contribution in [0, 0.1) is 0 Å². The Kier molecular flexibility index (Phi) is 4.23. The van der Waals surface area contributed by atoms with Crippen LogP contribution in [0.15, 0.2) is 17.1 Å². The summed E-state index contributed by atoms with van der Waals surface area (Å²) in [5, 5.41) is 1.72. The summed E-state index contributed by atoms with van der Waals surface area (Å²) in [4.78, 5) is 21.8. The van der Waals surface area contributed by atoms with E-state index < -0.39 is 0 Å². The van der Waals surface area contributed by atoms with Crippen LogP contribution in [0.3, 0.4) is 0 Å². The molecule has 108 valence electrons. The lowest BCUT2D eigenvalue weighted by Crippen LogP contribution is -2.49. The highest BCUT2D eigenvalue weighted by Gasteiger charge is 2.27. The molecular weight excluding hydrogens is 314 g/mol. The second-order valence-corrected chi connectivity index (χ2v) is 8.06. The fourth-order valence-electron chi connectivity index (χ4n) is 2.32. The predicted molar refractivity (Wildman–Crippen MR) is 86.2 cm³/mol. The second kappa shape index (κ2) is 5.95. The van der Waals surface area contributed by atoms with E-state index in [2.05, 4.69) is 16.8 Å². The van der Waals surface area contributed by atoms with Crippen LogP contribution in [0.1, 0.15) is 16.6 Å². The number of amides is 1. The molecule has 3 heterocycles. The molecule has 1 saturated heterocycles. The van der Waals surface area contributed by atoms with Gasteiger partial charge in [0.2, 0.25) is 0 Å². The zero-order valence-electron chi connectivity index (χ0n) is 11.2. The van der Waals surface area contributed by atoms with E-state index in [9.17, 15) is 4.79 Å². The Balaban J connectivity index is 1.57. The summed E-state index contributed by atoms with van der Waals surface area (Å²) >= 11 is 9.07. The molecule has 2 aliphatic rings. The Morgan fingerprint density at radius 3 is 2.65 bits per heavy atom. The number of hydrogen-bond donors (Lipinski definition) is 0. The van der Waals surface area contributed by atoms with Gasteiger partial charge in [0, 0.05) is 31.4 Å². The molecule has 1 aromatic heterocycles. The standard InChI is InChI=1S/C13H16ClN3OS2/c1-9-8-15-13(19-9)17-6-4-16(5-7-17)12(18)10-2-3-11(14)20-10/h2-3,9H,4-8H2,1H3/t9-/m0/s1. The van der Waals surface area contributed by atoms with Crippen molar-refractivity contribution in [2.75, 3.05) is 32.7 Å². The van der Waals surface area contributed by atoms with Crippen LogP contribution in [-0.2, 0) is 0 Å². The molecule has 1 aromatic rings. The smallest absolute Gasteiger partial charge is 0.264 e. The van der Waals surface area contributed by atoms with Crippen LogP contribution in [0.2, 0.25) is 4.34 Å². The number of thiophene rings is 1. The Morgan fingerprint density at radius 1 is 1.35 bits per heavy atom. The molecule has 0 saturated carbocycles. The number of hydrogen-bond acceptors (Lipinski definition) is 5. The zero-order chi connectivity index (χ0) is 14.1. The Labute approximate surface area is 131 Å². The minimum Gasteiger partial charge on any atom is -0.348 e. The Hall–Kier alpha value is -0.720. The third kappa shape index (κ3) is 2.97. The lowest BCUT2D eigenvalue weighted by molar-refractivity contribution is 0.0698. The summed E-state index contributed by atoms with van der Waals surface area (Å²) in [6.45, 7) is 6.34. The maximum absolute atomic E-state index is 12.3. The van der Waals surface area contributed by atoms with E-state index >= 15 is 0 Å². The van der Waals surface area contributed by atoms with Gasteiger partial charge in [-0.2, -0.15) is 0 Å². The van der Waals surface area contributed by atoms with Crippen molar-refractivity contribution in [3.63, 3.8) is 0 Å². The first kappa shape index (κ1) is 14.2. The lowest BCUT2D eigenvalue weighted by Gasteiger charge is -2.35. The molecule has 4 nitrogen and oxygen atoms in total. The SMILES string of the molecule is C[C@H]1CN=C(N2CCN(C(=O)c3ccc(Cl)s3)CC2)S1. The van der Waals surface area contributed by atoms with Gasteiger partial charge >= 0.3 is 0 Å². The molecule has 0 bridgehead atoms. The molecule has 7 heteroatoms. The van der Waals surface area contributed by atoms with Crippen LogP contribution >= 0.6 is 34.7 Å². The maximum atomic E-state index is 12.3. The number of rotatable bonds is 1. The van der Waals surface area contributed by atoms with Crippen LogP contribution in [0.25, 0.3) is 0 Å². The van der Waals surface area contributed by atoms with Crippen molar-refractivity contribution in [1.82, 2.24) is 9.80 Å². The average Bonchev–Trinajstić information content (AvgIpc) is 3.07. The van der Waals surface area contributed by atoms with Crippen LogP contribution in [-0.4, -0.2) is 58.8 Å². The molecule has 1 atom stereocenters. The fourth-order valence-corrected chi connectivity index (χ4v) is 4.32. The van der Waals surface area contributed by atoms with Gasteiger partial charge in [0.25, 0.3) is 5.91 Å². The normalized spacial score (nSPS) is 23.1. The summed E-state index contributed by atoms with van der Waals surface area (Å²) in [5.41, 5.74) is 0. The highest BCUT2D eigenvalue weighted by Crippen LogP contribution is 2.25. The van der Waals surface area contributed by atoms with Gasteiger partial charge < -0.3 is 9.80 Å². The maximum Gasteiger partial charge on any atom is 0.264 e. The van der Waals surface area contributed by atoms with E-state index in [1.54, 1.807) is 12.1 Å². The van der Waals surface area contributed by atoms with Gasteiger partial charge in [0.05, 0.1) is 15.8 Å². The molecule has 0 aliphatic carbocycles. The first-order valence-corrected chi connectivity index (χ1v) is 8.71. The molecule has 0 aromatic carbocycles. The fraction of sp³-hybridized carbons (Fsp3) is 0.538. The van der Waals surface area contributed by atoms with Crippen molar-refractivity contribution < 1.29 is 4.79 Å². The predicted octanol–water partition coefficient (Wildman–Crippen LogP) is 2.65. The monoisotopic (exact) mass is 329 g/mol. The van der Waals surface area contributed by atoms with E-state index in [1.807, 2.05) is 16.7 Å². The summed E-state index contributed by atoms with van der Waals surface area (Å²) in [6.07, 6.45) is 0. The minimum absolute atomic E-state index is 0.0935. The largest absolute Gasteiger partial charge is 0.348 e. The molecular formula is C13H16ClN3OS2. The van der Waals surface area contributed by atoms with Gasteiger partial charge in [-0.3, -0.25) is 9.79 Å². The third-order valence-corrected chi connectivity index (χ3v) is 5.78. The van der Waals surface area contributed by atoms with E-state index in [0.717, 1.165) is 42.8 Å². The first-order valence-electron chi connectivity index (χ1n) is 6.64. The van der Waals surface area contributed by atoms with Gasteiger partial charge in [-0.1, -0.05) is 30.3 Å². The molecule has 0 spiro atoms. The minimum atomic E-state index is 0.0935. The van der Waals surface area contributed by atoms with Crippen molar-refractivity contribution >= 4 is 45.8 Å². The van der Waals surface area contributed by atoms with Crippen molar-refractivity contribution in [2.24, 2.45) is 4.99 Å². The molecule has 20 heavy (non-hydrogen) atoms. The van der Waals surface area contributed by atoms with Crippen molar-refractivity contribution in [2.45, 2.75) is 12.2 Å². The van der Waals surface area contributed by atoms with Crippen LogP contribution in [0.4, 0.5) is 0 Å². The van der Waals surface area contributed by atoms with Gasteiger partial charge in [-0.05, 0) is 12.1 Å². The van der Waals surface area contributed by atoms with Crippen molar-refractivity contribution in [1.29, 1.82) is 0 Å².